The van der Waals surface area contributed by atoms with Crippen LogP contribution in [0.5, 0.6) is 0 Å². The second kappa shape index (κ2) is 6.73. The second-order valence-corrected chi connectivity index (χ2v) is 5.89. The van der Waals surface area contributed by atoms with Crippen LogP contribution < -0.4 is 0 Å². The summed E-state index contributed by atoms with van der Waals surface area (Å²) in [5.74, 6) is 0.715. The van der Waals surface area contributed by atoms with E-state index in [1.807, 2.05) is 12.1 Å². The van der Waals surface area contributed by atoms with Gasteiger partial charge in [0.25, 0.3) is 0 Å². The van der Waals surface area contributed by atoms with Crippen LogP contribution in [0.4, 0.5) is 4.39 Å². The molecule has 0 aromatic heterocycles. The van der Waals surface area contributed by atoms with Crippen LogP contribution in [0, 0.1) is 11.2 Å². The van der Waals surface area contributed by atoms with Crippen molar-refractivity contribution >= 4 is 12.6 Å². The number of thiol groups is 1. The molecule has 0 N–H and O–H groups in total. The van der Waals surface area contributed by atoms with E-state index in [2.05, 4.69) is 24.6 Å². The van der Waals surface area contributed by atoms with E-state index in [4.69, 9.17) is 4.74 Å². The molecule has 2 nitrogen and oxygen atoms in total. The van der Waals surface area contributed by atoms with E-state index in [0.717, 1.165) is 50.5 Å². The van der Waals surface area contributed by atoms with Crippen LogP contribution in [0.2, 0.25) is 0 Å². The zero-order valence-electron chi connectivity index (χ0n) is 11.4. The molecule has 0 bridgehead atoms. The molecule has 0 spiro atoms. The summed E-state index contributed by atoms with van der Waals surface area (Å²) >= 11 is 4.53. The average molecular weight is 283 g/mol. The van der Waals surface area contributed by atoms with E-state index < -0.39 is 0 Å². The zero-order chi connectivity index (χ0) is 13.7. The minimum atomic E-state index is -0.178. The van der Waals surface area contributed by atoms with Crippen molar-refractivity contribution in [1.82, 2.24) is 4.90 Å². The smallest absolute Gasteiger partial charge is 0.123 e. The number of nitrogens with zero attached hydrogens (tertiary/aromatic N) is 1. The van der Waals surface area contributed by atoms with Crippen molar-refractivity contribution in [3.8, 4) is 0 Å². The normalized spacial score (nSPS) is 18.7. The Balaban J connectivity index is 1.92. The summed E-state index contributed by atoms with van der Waals surface area (Å²) in [5.41, 5.74) is 1.40. The molecule has 1 heterocycles. The first-order valence-electron chi connectivity index (χ1n) is 6.75. The Hall–Kier alpha value is -0.580. The lowest BCUT2D eigenvalue weighted by Crippen LogP contribution is -2.41. The molecule has 0 amide bonds. The van der Waals surface area contributed by atoms with Gasteiger partial charge in [0.2, 0.25) is 0 Å². The van der Waals surface area contributed by atoms with Gasteiger partial charge in [-0.1, -0.05) is 12.1 Å². The van der Waals surface area contributed by atoms with Gasteiger partial charge in [0.1, 0.15) is 5.82 Å². The van der Waals surface area contributed by atoms with E-state index in [1.54, 1.807) is 0 Å². The van der Waals surface area contributed by atoms with Crippen LogP contribution in [-0.2, 0) is 11.3 Å². The quantitative estimate of drug-likeness (QED) is 0.834. The topological polar surface area (TPSA) is 12.5 Å². The summed E-state index contributed by atoms with van der Waals surface area (Å²) in [6.45, 7) is 3.53. The van der Waals surface area contributed by atoms with E-state index in [-0.39, 0.29) is 11.2 Å². The maximum atomic E-state index is 12.9. The fourth-order valence-electron chi connectivity index (χ4n) is 2.70. The Morgan fingerprint density at radius 1 is 1.26 bits per heavy atom. The van der Waals surface area contributed by atoms with Crippen molar-refractivity contribution in [2.24, 2.45) is 5.41 Å². The highest BCUT2D eigenvalue weighted by Crippen LogP contribution is 2.32. The second-order valence-electron chi connectivity index (χ2n) is 5.57. The van der Waals surface area contributed by atoms with Gasteiger partial charge in [-0.25, -0.2) is 4.39 Å². The highest BCUT2D eigenvalue weighted by Gasteiger charge is 2.32. The van der Waals surface area contributed by atoms with Crippen molar-refractivity contribution in [2.45, 2.75) is 19.4 Å². The predicted octanol–water partition coefficient (Wildman–Crippen LogP) is 2.98. The summed E-state index contributed by atoms with van der Waals surface area (Å²) in [6, 6.07) is 6.74. The van der Waals surface area contributed by atoms with Gasteiger partial charge in [-0.15, -0.1) is 0 Å². The molecule has 1 aliphatic heterocycles. The maximum Gasteiger partial charge on any atom is 0.123 e. The van der Waals surface area contributed by atoms with E-state index in [0.29, 0.717) is 0 Å². The van der Waals surface area contributed by atoms with Crippen LogP contribution in [0.25, 0.3) is 0 Å². The van der Waals surface area contributed by atoms with Gasteiger partial charge < -0.3 is 9.64 Å². The highest BCUT2D eigenvalue weighted by molar-refractivity contribution is 7.80. The first kappa shape index (κ1) is 14.8. The van der Waals surface area contributed by atoms with Crippen LogP contribution >= 0.6 is 12.6 Å². The van der Waals surface area contributed by atoms with Crippen molar-refractivity contribution in [3.05, 3.63) is 35.6 Å². The molecule has 19 heavy (non-hydrogen) atoms. The SMILES string of the molecule is CN(Cc1ccc(F)cc1)CC1(CS)CCOCC1. The lowest BCUT2D eigenvalue weighted by atomic mass is 9.81. The molecule has 1 aliphatic rings. The van der Waals surface area contributed by atoms with E-state index in [9.17, 15) is 4.39 Å². The minimum absolute atomic E-state index is 0.178. The van der Waals surface area contributed by atoms with Gasteiger partial charge in [0, 0.05) is 26.3 Å². The van der Waals surface area contributed by atoms with Crippen molar-refractivity contribution in [1.29, 1.82) is 0 Å². The number of rotatable bonds is 5. The van der Waals surface area contributed by atoms with Crippen molar-refractivity contribution in [3.63, 3.8) is 0 Å². The fourth-order valence-corrected chi connectivity index (χ4v) is 3.12. The van der Waals surface area contributed by atoms with Crippen LogP contribution in [-0.4, -0.2) is 37.5 Å². The predicted molar refractivity (Wildman–Crippen MR) is 79.1 cm³/mol. The van der Waals surface area contributed by atoms with Crippen molar-refractivity contribution in [2.75, 3.05) is 32.6 Å². The van der Waals surface area contributed by atoms with Crippen molar-refractivity contribution < 1.29 is 9.13 Å². The molecule has 1 saturated heterocycles. The van der Waals surface area contributed by atoms with Gasteiger partial charge in [-0.3, -0.25) is 0 Å². The molecule has 0 radical (unpaired) electrons. The summed E-state index contributed by atoms with van der Waals surface area (Å²) in [6.07, 6.45) is 2.15. The molecule has 0 unspecified atom stereocenters. The summed E-state index contributed by atoms with van der Waals surface area (Å²) in [4.78, 5) is 2.30. The van der Waals surface area contributed by atoms with E-state index in [1.165, 1.54) is 12.1 Å². The molecule has 2 rings (SSSR count). The monoisotopic (exact) mass is 283 g/mol. The maximum absolute atomic E-state index is 12.9. The lowest BCUT2D eigenvalue weighted by Gasteiger charge is -2.39. The summed E-state index contributed by atoms with van der Waals surface area (Å²) in [7, 11) is 2.12. The lowest BCUT2D eigenvalue weighted by molar-refractivity contribution is 0.0105. The molecule has 1 aromatic carbocycles. The first-order valence-corrected chi connectivity index (χ1v) is 7.38. The Morgan fingerprint density at radius 3 is 2.47 bits per heavy atom. The number of ether oxygens (including phenoxy) is 1. The summed E-state index contributed by atoms with van der Waals surface area (Å²) < 4.78 is 18.3. The Morgan fingerprint density at radius 2 is 1.89 bits per heavy atom. The summed E-state index contributed by atoms with van der Waals surface area (Å²) in [5, 5.41) is 0. The van der Waals surface area contributed by atoms with Crippen LogP contribution in [0.1, 0.15) is 18.4 Å². The largest absolute Gasteiger partial charge is 0.381 e. The molecule has 1 aromatic rings. The Kier molecular flexibility index (Phi) is 5.25. The third-order valence-corrected chi connectivity index (χ3v) is 4.53. The molecule has 0 atom stereocenters. The number of hydrogen-bond acceptors (Lipinski definition) is 3. The fraction of sp³-hybridized carbons (Fsp3) is 0.600. The van der Waals surface area contributed by atoms with Gasteiger partial charge in [0.15, 0.2) is 0 Å². The third kappa shape index (κ3) is 4.20. The Bertz CT molecular complexity index is 390. The zero-order valence-corrected chi connectivity index (χ0v) is 12.3. The van der Waals surface area contributed by atoms with Crippen LogP contribution in [0.3, 0.4) is 0 Å². The molecular formula is C15H22FNOS. The average Bonchev–Trinajstić information content (AvgIpc) is 2.42. The highest BCUT2D eigenvalue weighted by atomic mass is 32.1. The van der Waals surface area contributed by atoms with Gasteiger partial charge >= 0.3 is 0 Å². The third-order valence-electron chi connectivity index (χ3n) is 3.86. The van der Waals surface area contributed by atoms with Gasteiger partial charge in [-0.2, -0.15) is 12.6 Å². The number of benzene rings is 1. The molecule has 4 heteroatoms. The standard InChI is InChI=1S/C15H22FNOS/c1-17(10-13-2-4-14(16)5-3-13)11-15(12-19)6-8-18-9-7-15/h2-5,19H,6-12H2,1H3. The first-order chi connectivity index (χ1) is 9.13. The Labute approximate surface area is 120 Å². The molecule has 106 valence electrons. The molecule has 0 aliphatic carbocycles. The molecule has 0 saturated carbocycles. The number of hydrogen-bond donors (Lipinski definition) is 1. The molecule has 1 fully saturated rings. The number of halogens is 1. The molecular weight excluding hydrogens is 261 g/mol. The van der Waals surface area contributed by atoms with Gasteiger partial charge in [-0.05, 0) is 48.8 Å². The van der Waals surface area contributed by atoms with E-state index >= 15 is 0 Å². The van der Waals surface area contributed by atoms with Gasteiger partial charge in [0.05, 0.1) is 0 Å². The van der Waals surface area contributed by atoms with Crippen LogP contribution in [0.15, 0.2) is 24.3 Å². The minimum Gasteiger partial charge on any atom is -0.381 e.